The number of rotatable bonds is 2. The van der Waals surface area contributed by atoms with E-state index in [4.69, 9.17) is 5.73 Å². The van der Waals surface area contributed by atoms with E-state index in [0.717, 1.165) is 37.8 Å². The highest BCUT2D eigenvalue weighted by atomic mass is 16.2. The van der Waals surface area contributed by atoms with E-state index in [0.29, 0.717) is 12.5 Å². The fraction of sp³-hybridized carbons (Fsp3) is 0.533. The van der Waals surface area contributed by atoms with Crippen LogP contribution in [0.2, 0.25) is 0 Å². The lowest BCUT2D eigenvalue weighted by molar-refractivity contribution is -0.120. The zero-order valence-corrected chi connectivity index (χ0v) is 10.6. The van der Waals surface area contributed by atoms with E-state index in [1.807, 2.05) is 11.0 Å². The molecule has 3 nitrogen and oxygen atoms in total. The Morgan fingerprint density at radius 1 is 1.28 bits per heavy atom. The van der Waals surface area contributed by atoms with Gasteiger partial charge in [0.15, 0.2) is 0 Å². The third kappa shape index (κ3) is 2.03. The van der Waals surface area contributed by atoms with Gasteiger partial charge in [0.05, 0.1) is 0 Å². The number of hydrogen-bond acceptors (Lipinski definition) is 2. The summed E-state index contributed by atoms with van der Waals surface area (Å²) in [6.07, 6.45) is 5.29. The van der Waals surface area contributed by atoms with Crippen LogP contribution in [0.5, 0.6) is 0 Å². The Hall–Kier alpha value is -1.35. The molecule has 1 aliphatic heterocycles. The molecule has 1 fully saturated rings. The first-order valence-electron chi connectivity index (χ1n) is 6.92. The number of nitrogens with two attached hydrogens (primary N) is 1. The van der Waals surface area contributed by atoms with E-state index in [9.17, 15) is 4.79 Å². The van der Waals surface area contributed by atoms with Crippen LogP contribution in [0.3, 0.4) is 0 Å². The van der Waals surface area contributed by atoms with Crippen molar-refractivity contribution in [2.45, 2.75) is 38.1 Å². The lowest BCUT2D eigenvalue weighted by atomic mass is 10.1. The van der Waals surface area contributed by atoms with Crippen molar-refractivity contribution in [1.82, 2.24) is 0 Å². The Morgan fingerprint density at radius 3 is 2.78 bits per heavy atom. The summed E-state index contributed by atoms with van der Waals surface area (Å²) in [6.45, 7) is 0.562. The Labute approximate surface area is 108 Å². The topological polar surface area (TPSA) is 46.3 Å². The Kier molecular flexibility index (Phi) is 3.08. The maximum atomic E-state index is 12.5. The van der Waals surface area contributed by atoms with Gasteiger partial charge in [-0.3, -0.25) is 4.79 Å². The smallest absolute Gasteiger partial charge is 0.230 e. The van der Waals surface area contributed by atoms with Gasteiger partial charge in [-0.15, -0.1) is 0 Å². The Bertz CT molecular complexity index is 454. The van der Waals surface area contributed by atoms with Crippen LogP contribution in [0, 0.1) is 5.92 Å². The highest BCUT2D eigenvalue weighted by molar-refractivity contribution is 5.97. The summed E-state index contributed by atoms with van der Waals surface area (Å²) in [7, 11) is 0. The van der Waals surface area contributed by atoms with Crippen molar-refractivity contribution in [3.63, 3.8) is 0 Å². The minimum atomic E-state index is 0.182. The largest absolute Gasteiger partial charge is 0.328 e. The molecular weight excluding hydrogens is 224 g/mol. The predicted octanol–water partition coefficient (Wildman–Crippen LogP) is 2.09. The number of benzene rings is 1. The van der Waals surface area contributed by atoms with Crippen LogP contribution in [-0.4, -0.2) is 18.5 Å². The second kappa shape index (κ2) is 4.73. The number of fused-ring (bicyclic) bond motifs is 1. The van der Waals surface area contributed by atoms with Crippen LogP contribution >= 0.6 is 0 Å². The van der Waals surface area contributed by atoms with Gasteiger partial charge in [0.2, 0.25) is 5.91 Å². The third-order valence-corrected chi connectivity index (χ3v) is 4.04. The quantitative estimate of drug-likeness (QED) is 0.866. The first-order valence-corrected chi connectivity index (χ1v) is 6.92. The summed E-state index contributed by atoms with van der Waals surface area (Å²) in [5, 5.41) is 0. The molecule has 0 radical (unpaired) electrons. The number of hydrogen-bond donors (Lipinski definition) is 1. The zero-order chi connectivity index (χ0) is 12.5. The summed E-state index contributed by atoms with van der Waals surface area (Å²) < 4.78 is 0. The standard InChI is InChI=1S/C15H20N2O/c16-10-13-6-3-5-11-4-1-2-7-14(11)17(13)15(18)12-8-9-12/h1-2,4,7,12-13H,3,5-6,8-10,16H2. The average molecular weight is 244 g/mol. The molecule has 3 heteroatoms. The minimum Gasteiger partial charge on any atom is -0.328 e. The van der Waals surface area contributed by atoms with Crippen LogP contribution in [0.15, 0.2) is 24.3 Å². The molecule has 96 valence electrons. The molecule has 1 atom stereocenters. The van der Waals surface area contributed by atoms with Crippen LogP contribution in [0.25, 0.3) is 0 Å². The van der Waals surface area contributed by atoms with Crippen molar-refractivity contribution in [2.24, 2.45) is 11.7 Å². The molecule has 1 unspecified atom stereocenters. The zero-order valence-electron chi connectivity index (χ0n) is 10.6. The molecule has 1 heterocycles. The third-order valence-electron chi connectivity index (χ3n) is 4.04. The maximum Gasteiger partial charge on any atom is 0.230 e. The van der Waals surface area contributed by atoms with Crippen molar-refractivity contribution in [2.75, 3.05) is 11.4 Å². The molecule has 1 saturated carbocycles. The van der Waals surface area contributed by atoms with E-state index >= 15 is 0 Å². The monoisotopic (exact) mass is 244 g/mol. The first kappa shape index (κ1) is 11.7. The van der Waals surface area contributed by atoms with Crippen LogP contribution in [-0.2, 0) is 11.2 Å². The average Bonchev–Trinajstić information content (AvgIpc) is 3.23. The first-order chi connectivity index (χ1) is 8.81. The summed E-state index contributed by atoms with van der Waals surface area (Å²) in [5.41, 5.74) is 8.28. The molecule has 1 amide bonds. The second-order valence-corrected chi connectivity index (χ2v) is 5.39. The SMILES string of the molecule is NCC1CCCc2ccccc2N1C(=O)C1CC1. The van der Waals surface area contributed by atoms with E-state index in [2.05, 4.69) is 18.2 Å². The van der Waals surface area contributed by atoms with Crippen LogP contribution in [0.1, 0.15) is 31.2 Å². The van der Waals surface area contributed by atoms with E-state index in [1.165, 1.54) is 5.56 Å². The van der Waals surface area contributed by atoms with Gasteiger partial charge < -0.3 is 10.6 Å². The molecule has 0 saturated heterocycles. The highest BCUT2D eigenvalue weighted by Crippen LogP contribution is 2.37. The Balaban J connectivity index is 2.00. The minimum absolute atomic E-state index is 0.182. The summed E-state index contributed by atoms with van der Waals surface area (Å²) in [6, 6.07) is 8.47. The van der Waals surface area contributed by atoms with Gasteiger partial charge in [0, 0.05) is 24.2 Å². The molecule has 3 rings (SSSR count). The van der Waals surface area contributed by atoms with Crippen LogP contribution < -0.4 is 10.6 Å². The molecule has 18 heavy (non-hydrogen) atoms. The molecule has 1 aromatic rings. The van der Waals surface area contributed by atoms with E-state index in [1.54, 1.807) is 0 Å². The van der Waals surface area contributed by atoms with E-state index in [-0.39, 0.29) is 12.0 Å². The van der Waals surface area contributed by atoms with Crippen molar-refractivity contribution in [3.05, 3.63) is 29.8 Å². The Morgan fingerprint density at radius 2 is 2.06 bits per heavy atom. The second-order valence-electron chi connectivity index (χ2n) is 5.39. The number of carbonyl (C=O) groups is 1. The van der Waals surface area contributed by atoms with E-state index < -0.39 is 0 Å². The number of aryl methyl sites for hydroxylation is 1. The summed E-state index contributed by atoms with van der Waals surface area (Å²) >= 11 is 0. The van der Waals surface area contributed by atoms with Gasteiger partial charge in [-0.05, 0) is 43.7 Å². The molecule has 2 aliphatic rings. The predicted molar refractivity (Wildman–Crippen MR) is 72.4 cm³/mol. The fourth-order valence-corrected chi connectivity index (χ4v) is 2.86. The molecule has 1 aromatic carbocycles. The lowest BCUT2D eigenvalue weighted by Gasteiger charge is -2.30. The lowest BCUT2D eigenvalue weighted by Crippen LogP contribution is -2.45. The van der Waals surface area contributed by atoms with Gasteiger partial charge in [-0.1, -0.05) is 18.2 Å². The number of amides is 1. The van der Waals surface area contributed by atoms with Crippen molar-refractivity contribution >= 4 is 11.6 Å². The normalized spacial score (nSPS) is 23.4. The number of nitrogens with zero attached hydrogens (tertiary/aromatic N) is 1. The fourth-order valence-electron chi connectivity index (χ4n) is 2.86. The van der Waals surface area contributed by atoms with Crippen LogP contribution in [0.4, 0.5) is 5.69 Å². The van der Waals surface area contributed by atoms with Gasteiger partial charge in [-0.25, -0.2) is 0 Å². The molecule has 0 aromatic heterocycles. The summed E-state index contributed by atoms with van der Waals surface area (Å²) in [4.78, 5) is 14.5. The molecule has 1 aliphatic carbocycles. The molecular formula is C15H20N2O. The van der Waals surface area contributed by atoms with Crippen molar-refractivity contribution in [1.29, 1.82) is 0 Å². The number of para-hydroxylation sites is 1. The van der Waals surface area contributed by atoms with Gasteiger partial charge >= 0.3 is 0 Å². The molecule has 0 spiro atoms. The summed E-state index contributed by atoms with van der Waals surface area (Å²) in [5.74, 6) is 0.546. The van der Waals surface area contributed by atoms with Crippen molar-refractivity contribution in [3.8, 4) is 0 Å². The molecule has 2 N–H and O–H groups in total. The van der Waals surface area contributed by atoms with Gasteiger partial charge in [-0.2, -0.15) is 0 Å². The molecule has 0 bridgehead atoms. The van der Waals surface area contributed by atoms with Crippen molar-refractivity contribution < 1.29 is 4.79 Å². The van der Waals surface area contributed by atoms with Gasteiger partial charge in [0.25, 0.3) is 0 Å². The number of anilines is 1. The maximum absolute atomic E-state index is 12.5. The number of carbonyl (C=O) groups excluding carboxylic acids is 1. The van der Waals surface area contributed by atoms with Gasteiger partial charge in [0.1, 0.15) is 0 Å². The highest BCUT2D eigenvalue weighted by Gasteiger charge is 2.38.